The molecule has 1 N–H and O–H groups in total. The monoisotopic (exact) mass is 154 g/mol. The molecule has 0 amide bonds. The SMILES string of the molecule is O=C1COP(=O)(O)OO1. The van der Waals surface area contributed by atoms with E-state index in [9.17, 15) is 9.36 Å². The molecule has 1 heterocycles. The highest BCUT2D eigenvalue weighted by atomic mass is 31.2. The molecule has 1 fully saturated rings. The molecule has 6 nitrogen and oxygen atoms in total. The molecule has 0 bridgehead atoms. The number of rotatable bonds is 0. The second-order valence-corrected chi connectivity index (χ2v) is 2.62. The number of phosphoric acid groups is 1. The topological polar surface area (TPSA) is 82.1 Å². The lowest BCUT2D eigenvalue weighted by Gasteiger charge is -2.13. The van der Waals surface area contributed by atoms with Crippen LogP contribution in [0.3, 0.4) is 0 Å². The van der Waals surface area contributed by atoms with Crippen LogP contribution in [0.5, 0.6) is 0 Å². The maximum absolute atomic E-state index is 10.2. The van der Waals surface area contributed by atoms with Crippen LogP contribution < -0.4 is 0 Å². The van der Waals surface area contributed by atoms with Crippen molar-refractivity contribution in [2.75, 3.05) is 6.61 Å². The average Bonchev–Trinajstić information content (AvgIpc) is 1.78. The zero-order chi connectivity index (χ0) is 6.91. The summed E-state index contributed by atoms with van der Waals surface area (Å²) >= 11 is 0. The molecule has 1 unspecified atom stereocenters. The fraction of sp³-hybridized carbons (Fsp3) is 0.500. The van der Waals surface area contributed by atoms with Gasteiger partial charge < -0.3 is 4.89 Å². The highest BCUT2D eigenvalue weighted by Gasteiger charge is 2.31. The van der Waals surface area contributed by atoms with E-state index in [-0.39, 0.29) is 0 Å². The lowest BCUT2D eigenvalue weighted by Crippen LogP contribution is -2.17. The van der Waals surface area contributed by atoms with Crippen molar-refractivity contribution in [3.63, 3.8) is 0 Å². The molecule has 9 heavy (non-hydrogen) atoms. The van der Waals surface area contributed by atoms with Crippen LogP contribution in [0.15, 0.2) is 0 Å². The van der Waals surface area contributed by atoms with Crippen molar-refractivity contribution in [2.45, 2.75) is 0 Å². The van der Waals surface area contributed by atoms with Crippen molar-refractivity contribution in [2.24, 2.45) is 0 Å². The average molecular weight is 154 g/mol. The second kappa shape index (κ2) is 2.07. The summed E-state index contributed by atoms with van der Waals surface area (Å²) in [5, 5.41) is 0. The highest BCUT2D eigenvalue weighted by Crippen LogP contribution is 2.45. The van der Waals surface area contributed by atoms with E-state index in [2.05, 4.69) is 14.1 Å². The van der Waals surface area contributed by atoms with Gasteiger partial charge in [-0.3, -0.25) is 9.41 Å². The van der Waals surface area contributed by atoms with Crippen molar-refractivity contribution in [3.8, 4) is 0 Å². The molecule has 0 aromatic heterocycles. The van der Waals surface area contributed by atoms with Gasteiger partial charge in [-0.05, 0) is 0 Å². The van der Waals surface area contributed by atoms with Gasteiger partial charge >= 0.3 is 13.8 Å². The number of carbonyl (C=O) groups is 1. The van der Waals surface area contributed by atoms with Gasteiger partial charge in [-0.15, -0.1) is 0 Å². The van der Waals surface area contributed by atoms with E-state index in [0.29, 0.717) is 0 Å². The first-order valence-electron chi connectivity index (χ1n) is 1.96. The van der Waals surface area contributed by atoms with Gasteiger partial charge in [0.2, 0.25) is 0 Å². The lowest BCUT2D eigenvalue weighted by molar-refractivity contribution is -0.239. The van der Waals surface area contributed by atoms with Crippen LogP contribution in [0.25, 0.3) is 0 Å². The Kier molecular flexibility index (Phi) is 1.54. The molecule has 0 aromatic carbocycles. The predicted octanol–water partition coefficient (Wildman–Crippen LogP) is -0.408. The summed E-state index contributed by atoms with van der Waals surface area (Å²) in [4.78, 5) is 22.1. The number of hydrogen-bond acceptors (Lipinski definition) is 5. The van der Waals surface area contributed by atoms with Crippen LogP contribution in [-0.2, 0) is 23.4 Å². The molecule has 0 aliphatic carbocycles. The molecular weight excluding hydrogens is 151 g/mol. The zero-order valence-electron chi connectivity index (χ0n) is 4.14. The highest BCUT2D eigenvalue weighted by molar-refractivity contribution is 7.47. The fourth-order valence-electron chi connectivity index (χ4n) is 0.269. The third-order valence-electron chi connectivity index (χ3n) is 0.570. The first-order chi connectivity index (χ1) is 4.10. The summed E-state index contributed by atoms with van der Waals surface area (Å²) in [5.74, 6) is -0.824. The van der Waals surface area contributed by atoms with Crippen molar-refractivity contribution in [3.05, 3.63) is 0 Å². The van der Waals surface area contributed by atoms with E-state index in [0.717, 1.165) is 0 Å². The van der Waals surface area contributed by atoms with Crippen molar-refractivity contribution < 1.29 is 28.3 Å². The first-order valence-corrected chi connectivity index (χ1v) is 3.46. The minimum atomic E-state index is -4.07. The van der Waals surface area contributed by atoms with Crippen molar-refractivity contribution in [1.82, 2.24) is 0 Å². The molecule has 1 atom stereocenters. The van der Waals surface area contributed by atoms with Crippen LogP contribution >= 0.6 is 7.82 Å². The van der Waals surface area contributed by atoms with Crippen molar-refractivity contribution >= 4 is 13.8 Å². The maximum Gasteiger partial charge on any atom is 0.509 e. The smallest absolute Gasteiger partial charge is 0.300 e. The van der Waals surface area contributed by atoms with E-state index in [1.54, 1.807) is 0 Å². The minimum Gasteiger partial charge on any atom is -0.300 e. The number of hydrogen-bond donors (Lipinski definition) is 1. The number of phosphoric ester groups is 1. The van der Waals surface area contributed by atoms with Gasteiger partial charge in [-0.2, -0.15) is 0 Å². The molecular formula is C2H3O6P. The normalized spacial score (nSPS) is 35.9. The van der Waals surface area contributed by atoms with Crippen LogP contribution in [0, 0.1) is 0 Å². The molecule has 1 saturated heterocycles. The van der Waals surface area contributed by atoms with Gasteiger partial charge in [0.1, 0.15) is 0 Å². The first kappa shape index (κ1) is 6.70. The van der Waals surface area contributed by atoms with Gasteiger partial charge in [-0.1, -0.05) is 4.67 Å². The summed E-state index contributed by atoms with van der Waals surface area (Å²) < 4.78 is 17.8. The quantitative estimate of drug-likeness (QED) is 0.377. The molecule has 1 aliphatic rings. The van der Waals surface area contributed by atoms with Crippen LogP contribution in [0.1, 0.15) is 0 Å². The van der Waals surface area contributed by atoms with Crippen LogP contribution in [0.4, 0.5) is 0 Å². The Morgan fingerprint density at radius 1 is 1.67 bits per heavy atom. The van der Waals surface area contributed by atoms with E-state index in [1.807, 2.05) is 0 Å². The Morgan fingerprint density at radius 3 is 2.67 bits per heavy atom. The molecule has 0 aromatic rings. The van der Waals surface area contributed by atoms with Crippen molar-refractivity contribution in [1.29, 1.82) is 0 Å². The largest absolute Gasteiger partial charge is 0.509 e. The van der Waals surface area contributed by atoms with Gasteiger partial charge in [0, 0.05) is 0 Å². The molecule has 1 rings (SSSR count). The second-order valence-electron chi connectivity index (χ2n) is 1.27. The summed E-state index contributed by atoms with van der Waals surface area (Å²) in [5.41, 5.74) is 0. The molecule has 1 aliphatic heterocycles. The van der Waals surface area contributed by atoms with E-state index >= 15 is 0 Å². The standard InChI is InChI=1S/C2H3O6P/c3-2-1-6-9(4,5)8-7-2/h1H2,(H,4,5). The van der Waals surface area contributed by atoms with E-state index in [4.69, 9.17) is 4.89 Å². The molecule has 7 heteroatoms. The summed E-state index contributed by atoms with van der Waals surface area (Å²) in [6.45, 7) is -0.548. The minimum absolute atomic E-state index is 0.548. The van der Waals surface area contributed by atoms with Gasteiger partial charge in [-0.25, -0.2) is 9.36 Å². The van der Waals surface area contributed by atoms with Gasteiger partial charge in [0.05, 0.1) is 0 Å². The summed E-state index contributed by atoms with van der Waals surface area (Å²) in [6, 6.07) is 0. The van der Waals surface area contributed by atoms with Gasteiger partial charge in [0.15, 0.2) is 6.61 Å². The fourth-order valence-corrected chi connectivity index (χ4v) is 0.757. The lowest BCUT2D eigenvalue weighted by atomic mass is 10.8. The molecule has 52 valence electrons. The maximum atomic E-state index is 10.2. The Balaban J connectivity index is 2.54. The number of carbonyl (C=O) groups excluding carboxylic acids is 1. The van der Waals surface area contributed by atoms with Crippen LogP contribution in [0.2, 0.25) is 0 Å². The molecule has 0 spiro atoms. The predicted molar refractivity (Wildman–Crippen MR) is 23.0 cm³/mol. The Morgan fingerprint density at radius 2 is 2.33 bits per heavy atom. The summed E-state index contributed by atoms with van der Waals surface area (Å²) in [6.07, 6.45) is 0. The molecule has 0 saturated carbocycles. The Labute approximate surface area is 49.9 Å². The zero-order valence-corrected chi connectivity index (χ0v) is 5.04. The third kappa shape index (κ3) is 1.76. The van der Waals surface area contributed by atoms with E-state index < -0.39 is 20.4 Å². The van der Waals surface area contributed by atoms with Gasteiger partial charge in [0.25, 0.3) is 0 Å². The van der Waals surface area contributed by atoms with Crippen LogP contribution in [-0.4, -0.2) is 17.5 Å². The summed E-state index contributed by atoms with van der Waals surface area (Å²) in [7, 11) is -4.07. The molecule has 0 radical (unpaired) electrons. The van der Waals surface area contributed by atoms with E-state index in [1.165, 1.54) is 0 Å². The third-order valence-corrected chi connectivity index (χ3v) is 1.29. The Bertz CT molecular complexity index is 160. The Hall–Kier alpha value is -0.420.